The molecule has 1 N–H and O–H groups in total. The third kappa shape index (κ3) is 2.30. The Kier molecular flexibility index (Phi) is 3.41. The first-order chi connectivity index (χ1) is 11.5. The number of hydrogen-bond acceptors (Lipinski definition) is 3. The molecule has 2 aromatic rings. The third-order valence-corrected chi connectivity index (χ3v) is 5.30. The molecule has 2 aliphatic rings. The SMILES string of the molecule is Cc1ccc(C2Nc3c(C)cc([N+](=O)[O-])cc3C3C=CCC32)cc1. The van der Waals surface area contributed by atoms with Crippen molar-refractivity contribution in [3.63, 3.8) is 0 Å². The van der Waals surface area contributed by atoms with E-state index in [4.69, 9.17) is 0 Å². The van der Waals surface area contributed by atoms with E-state index < -0.39 is 0 Å². The summed E-state index contributed by atoms with van der Waals surface area (Å²) in [4.78, 5) is 10.9. The van der Waals surface area contributed by atoms with Gasteiger partial charge in [-0.1, -0.05) is 42.0 Å². The first-order valence-electron chi connectivity index (χ1n) is 8.33. The van der Waals surface area contributed by atoms with Crippen LogP contribution in [0.3, 0.4) is 0 Å². The van der Waals surface area contributed by atoms with Gasteiger partial charge in [0.15, 0.2) is 0 Å². The van der Waals surface area contributed by atoms with E-state index in [1.807, 2.05) is 6.92 Å². The number of non-ortho nitro benzene ring substituents is 1. The van der Waals surface area contributed by atoms with Crippen LogP contribution in [0, 0.1) is 29.9 Å². The predicted octanol–water partition coefficient (Wildman–Crippen LogP) is 5.04. The summed E-state index contributed by atoms with van der Waals surface area (Å²) in [6, 6.07) is 12.3. The van der Waals surface area contributed by atoms with E-state index in [-0.39, 0.29) is 22.6 Å². The molecule has 1 heterocycles. The molecule has 24 heavy (non-hydrogen) atoms. The molecule has 1 aliphatic carbocycles. The van der Waals surface area contributed by atoms with Gasteiger partial charge in [0.25, 0.3) is 5.69 Å². The molecule has 2 aromatic carbocycles. The molecule has 0 radical (unpaired) electrons. The summed E-state index contributed by atoms with van der Waals surface area (Å²) >= 11 is 0. The minimum Gasteiger partial charge on any atom is -0.377 e. The number of nitrogens with one attached hydrogen (secondary N) is 1. The summed E-state index contributed by atoms with van der Waals surface area (Å²) in [5.74, 6) is 0.646. The second-order valence-electron chi connectivity index (χ2n) is 6.87. The normalized spacial score (nSPS) is 24.2. The lowest BCUT2D eigenvalue weighted by atomic mass is 9.76. The maximum absolute atomic E-state index is 11.2. The largest absolute Gasteiger partial charge is 0.377 e. The topological polar surface area (TPSA) is 55.2 Å². The van der Waals surface area contributed by atoms with E-state index in [1.165, 1.54) is 11.1 Å². The van der Waals surface area contributed by atoms with Gasteiger partial charge in [0, 0.05) is 23.7 Å². The Bertz CT molecular complexity index is 839. The molecule has 4 heteroatoms. The summed E-state index contributed by atoms with van der Waals surface area (Å²) < 4.78 is 0. The van der Waals surface area contributed by atoms with Gasteiger partial charge >= 0.3 is 0 Å². The molecule has 1 aliphatic heterocycles. The van der Waals surface area contributed by atoms with Crippen LogP contribution in [0.4, 0.5) is 11.4 Å². The Morgan fingerprint density at radius 2 is 1.92 bits per heavy atom. The van der Waals surface area contributed by atoms with Crippen molar-refractivity contribution < 1.29 is 4.92 Å². The standard InChI is InChI=1S/C20H20N2O2/c1-12-6-8-14(9-7-12)20-17-5-3-4-16(17)18-11-15(22(23)24)10-13(2)19(18)21-20/h3-4,6-11,16-17,20-21H,5H2,1-2H3. The highest BCUT2D eigenvalue weighted by Crippen LogP contribution is 2.51. The molecule has 0 aromatic heterocycles. The molecule has 4 rings (SSSR count). The van der Waals surface area contributed by atoms with Gasteiger partial charge in [-0.2, -0.15) is 0 Å². The fourth-order valence-electron chi connectivity index (χ4n) is 4.08. The van der Waals surface area contributed by atoms with Crippen molar-refractivity contribution in [2.45, 2.75) is 32.2 Å². The van der Waals surface area contributed by atoms with E-state index in [0.717, 1.165) is 23.2 Å². The molecule has 0 fully saturated rings. The summed E-state index contributed by atoms with van der Waals surface area (Å²) in [7, 11) is 0. The number of rotatable bonds is 2. The number of allylic oxidation sites excluding steroid dienone is 2. The van der Waals surface area contributed by atoms with Gasteiger partial charge in [0.1, 0.15) is 0 Å². The molecule has 4 nitrogen and oxygen atoms in total. The van der Waals surface area contributed by atoms with Gasteiger partial charge in [-0.25, -0.2) is 0 Å². The number of nitro benzene ring substituents is 1. The molecule has 0 spiro atoms. The molecule has 122 valence electrons. The zero-order valence-corrected chi connectivity index (χ0v) is 13.8. The van der Waals surface area contributed by atoms with Crippen LogP contribution in [0.15, 0.2) is 48.6 Å². The lowest BCUT2D eigenvalue weighted by molar-refractivity contribution is -0.385. The Morgan fingerprint density at radius 3 is 2.62 bits per heavy atom. The first kappa shape index (κ1) is 14.9. The second kappa shape index (κ2) is 5.48. The zero-order valence-electron chi connectivity index (χ0n) is 13.8. The monoisotopic (exact) mass is 320 g/mol. The summed E-state index contributed by atoms with van der Waals surface area (Å²) in [5, 5.41) is 14.9. The van der Waals surface area contributed by atoms with Crippen LogP contribution in [-0.4, -0.2) is 4.92 Å². The highest BCUT2D eigenvalue weighted by molar-refractivity contribution is 5.67. The van der Waals surface area contributed by atoms with Crippen LogP contribution in [0.2, 0.25) is 0 Å². The summed E-state index contributed by atoms with van der Waals surface area (Å²) in [5.41, 5.74) is 5.77. The Hall–Kier alpha value is -2.62. The van der Waals surface area contributed by atoms with E-state index in [2.05, 4.69) is 48.7 Å². The average Bonchev–Trinajstić information content (AvgIpc) is 3.05. The maximum Gasteiger partial charge on any atom is 0.270 e. The van der Waals surface area contributed by atoms with Crippen molar-refractivity contribution in [1.29, 1.82) is 0 Å². The van der Waals surface area contributed by atoms with E-state index >= 15 is 0 Å². The number of hydrogen-bond donors (Lipinski definition) is 1. The highest BCUT2D eigenvalue weighted by Gasteiger charge is 2.39. The molecule has 0 amide bonds. The van der Waals surface area contributed by atoms with Crippen molar-refractivity contribution in [1.82, 2.24) is 0 Å². The summed E-state index contributed by atoms with van der Waals surface area (Å²) in [6.45, 7) is 4.04. The summed E-state index contributed by atoms with van der Waals surface area (Å²) in [6.07, 6.45) is 5.42. The lowest BCUT2D eigenvalue weighted by Gasteiger charge is -2.38. The molecule has 3 atom stereocenters. The zero-order chi connectivity index (χ0) is 16.8. The van der Waals surface area contributed by atoms with E-state index in [0.29, 0.717) is 5.92 Å². The maximum atomic E-state index is 11.2. The number of benzene rings is 2. The average molecular weight is 320 g/mol. The van der Waals surface area contributed by atoms with Crippen molar-refractivity contribution in [2.75, 3.05) is 5.32 Å². The quantitative estimate of drug-likeness (QED) is 0.479. The molecule has 0 saturated carbocycles. The number of anilines is 1. The van der Waals surface area contributed by atoms with Gasteiger partial charge in [-0.05, 0) is 42.9 Å². The smallest absolute Gasteiger partial charge is 0.270 e. The molecular formula is C20H20N2O2. The lowest BCUT2D eigenvalue weighted by Crippen LogP contribution is -2.29. The van der Waals surface area contributed by atoms with Crippen LogP contribution in [-0.2, 0) is 0 Å². The van der Waals surface area contributed by atoms with Gasteiger partial charge in [-0.3, -0.25) is 10.1 Å². The van der Waals surface area contributed by atoms with Crippen molar-refractivity contribution >= 4 is 11.4 Å². The van der Waals surface area contributed by atoms with Crippen LogP contribution in [0.25, 0.3) is 0 Å². The number of nitro groups is 1. The van der Waals surface area contributed by atoms with Crippen molar-refractivity contribution in [3.8, 4) is 0 Å². The van der Waals surface area contributed by atoms with Gasteiger partial charge in [0.2, 0.25) is 0 Å². The number of nitrogens with zero attached hydrogens (tertiary/aromatic N) is 1. The predicted molar refractivity (Wildman–Crippen MR) is 95.4 cm³/mol. The molecule has 3 unspecified atom stereocenters. The molecule has 0 saturated heterocycles. The van der Waals surface area contributed by atoms with Gasteiger partial charge < -0.3 is 5.32 Å². The fraction of sp³-hybridized carbons (Fsp3) is 0.300. The first-order valence-corrected chi connectivity index (χ1v) is 8.33. The highest BCUT2D eigenvalue weighted by atomic mass is 16.6. The fourth-order valence-corrected chi connectivity index (χ4v) is 4.08. The molecule has 0 bridgehead atoms. The van der Waals surface area contributed by atoms with E-state index in [1.54, 1.807) is 12.1 Å². The Balaban J connectivity index is 1.82. The minimum atomic E-state index is -0.299. The Labute approximate surface area is 141 Å². The third-order valence-electron chi connectivity index (χ3n) is 5.30. The van der Waals surface area contributed by atoms with Crippen LogP contribution >= 0.6 is 0 Å². The van der Waals surface area contributed by atoms with Crippen molar-refractivity contribution in [2.24, 2.45) is 5.92 Å². The van der Waals surface area contributed by atoms with Gasteiger partial charge in [0.05, 0.1) is 11.0 Å². The van der Waals surface area contributed by atoms with Crippen LogP contribution < -0.4 is 5.32 Å². The number of aryl methyl sites for hydroxylation is 2. The minimum absolute atomic E-state index is 0.181. The van der Waals surface area contributed by atoms with Crippen LogP contribution in [0.1, 0.15) is 40.6 Å². The Morgan fingerprint density at radius 1 is 1.17 bits per heavy atom. The van der Waals surface area contributed by atoms with Gasteiger partial charge in [-0.15, -0.1) is 0 Å². The number of fused-ring (bicyclic) bond motifs is 3. The van der Waals surface area contributed by atoms with Crippen LogP contribution in [0.5, 0.6) is 0 Å². The second-order valence-corrected chi connectivity index (χ2v) is 6.87. The van der Waals surface area contributed by atoms with E-state index in [9.17, 15) is 10.1 Å². The van der Waals surface area contributed by atoms with Crippen molar-refractivity contribution in [3.05, 3.63) is 80.9 Å². The molecular weight excluding hydrogens is 300 g/mol.